The minimum atomic E-state index is -1.21. The Morgan fingerprint density at radius 1 is 1.28 bits per heavy atom. The van der Waals surface area contributed by atoms with Crippen LogP contribution in [0.3, 0.4) is 0 Å². The minimum absolute atomic E-state index is 0.0313. The molecule has 3 N–H and O–H groups in total. The molecule has 0 radical (unpaired) electrons. The Hall–Kier alpha value is -2.60. The van der Waals surface area contributed by atoms with Crippen LogP contribution in [0.1, 0.15) is 63.6 Å². The van der Waals surface area contributed by atoms with Gasteiger partial charge in [-0.25, -0.2) is 14.8 Å². The first-order valence-electron chi connectivity index (χ1n) is 12.1. The number of nitrogens with one attached hydrogen (secondary N) is 1. The van der Waals surface area contributed by atoms with Crippen molar-refractivity contribution in [2.45, 2.75) is 58.9 Å². The number of hydrogen-bond acceptors (Lipinski definition) is 7. The Balaban J connectivity index is 2.44. The van der Waals surface area contributed by atoms with Crippen molar-refractivity contribution in [3.05, 3.63) is 17.6 Å². The summed E-state index contributed by atoms with van der Waals surface area (Å²) in [5, 5.41) is 22.4. The Labute approximate surface area is 215 Å². The quantitative estimate of drug-likeness (QED) is 0.308. The van der Waals surface area contributed by atoms with Gasteiger partial charge >= 0.3 is 12.1 Å². The Morgan fingerprint density at radius 3 is 2.47 bits per heavy atom. The third kappa shape index (κ3) is 8.22. The first-order chi connectivity index (χ1) is 16.7. The molecule has 1 unspecified atom stereocenters. The number of nitrogens with zero attached hydrogens (tertiary/aromatic N) is 4. The lowest BCUT2D eigenvalue weighted by Crippen LogP contribution is -2.56. The number of aromatic nitrogens is 2. The number of carbonyl (C=O) groups is 3. The summed E-state index contributed by atoms with van der Waals surface area (Å²) in [5.74, 6) is -0.898. The van der Waals surface area contributed by atoms with Gasteiger partial charge in [-0.05, 0) is 12.3 Å². The van der Waals surface area contributed by atoms with Crippen LogP contribution >= 0.6 is 0 Å². The second-order valence-electron chi connectivity index (χ2n) is 10.7. The number of rotatable bonds is 10. The molecule has 12 heteroatoms. The van der Waals surface area contributed by atoms with Gasteiger partial charge in [-0.3, -0.25) is 9.59 Å². The van der Waals surface area contributed by atoms with Crippen molar-refractivity contribution in [2.24, 2.45) is 11.8 Å². The average molecular weight is 526 g/mol. The van der Waals surface area contributed by atoms with Gasteiger partial charge in [-0.15, -0.1) is 0 Å². The molecule has 11 nitrogen and oxygen atoms in total. The summed E-state index contributed by atoms with van der Waals surface area (Å²) < 4.78 is 11.4. The molecule has 1 saturated heterocycles. The molecule has 36 heavy (non-hydrogen) atoms. The van der Waals surface area contributed by atoms with Gasteiger partial charge in [0.2, 0.25) is 0 Å². The third-order valence-corrected chi connectivity index (χ3v) is 6.77. The number of hydrogen-bond donors (Lipinski definition) is 3. The fourth-order valence-electron chi connectivity index (χ4n) is 4.10. The zero-order valence-corrected chi connectivity index (χ0v) is 22.8. The number of anilines is 1. The van der Waals surface area contributed by atoms with E-state index >= 15 is 0 Å². The molecular weight excluding hydrogens is 486 g/mol. The molecule has 3 atom stereocenters. The lowest BCUT2D eigenvalue weighted by atomic mass is 9.92. The predicted molar refractivity (Wildman–Crippen MR) is 138 cm³/mol. The summed E-state index contributed by atoms with van der Waals surface area (Å²) in [6.45, 7) is 10.5. The van der Waals surface area contributed by atoms with E-state index in [1.54, 1.807) is 11.2 Å². The number of amides is 2. The number of carbonyl (C=O) groups excluding carboxylic acids is 1. The van der Waals surface area contributed by atoms with Gasteiger partial charge in [0.05, 0.1) is 18.2 Å². The number of likely N-dealkylation sites (tertiary alicyclic amines) is 1. The van der Waals surface area contributed by atoms with E-state index in [-0.39, 0.29) is 42.3 Å². The SMILES string of the molecule is CC(C)CN(C(=O)c1cnc(C(C)(C)C)nc1NCCC[S+](C)[O-])[C@H]1C[C@@H](C(=O)O)CN(C(=O)O)C1. The van der Waals surface area contributed by atoms with Crippen molar-refractivity contribution in [3.8, 4) is 0 Å². The third-order valence-electron chi connectivity index (χ3n) is 5.90. The smallest absolute Gasteiger partial charge is 0.407 e. The maximum atomic E-state index is 13.9. The van der Waals surface area contributed by atoms with E-state index in [1.807, 2.05) is 34.6 Å². The van der Waals surface area contributed by atoms with Gasteiger partial charge in [0.1, 0.15) is 23.0 Å². The Bertz CT molecular complexity index is 914. The van der Waals surface area contributed by atoms with E-state index in [2.05, 4.69) is 15.3 Å². The standard InChI is InChI=1S/C24H39N5O6S/c1-15(2)12-29(17-10-16(21(31)32)13-28(14-17)23(33)34)20(30)18-11-26-22(24(3,4)5)27-19(18)25-8-7-9-36(6)35/h11,15-17H,7-10,12-14H2,1-6H3,(H,31,32)(H,33,34)(H,25,26,27)/t16-,17+,36?/m1/s1. The largest absolute Gasteiger partial charge is 0.617 e. The molecule has 0 saturated carbocycles. The van der Waals surface area contributed by atoms with Crippen LogP contribution in [0.25, 0.3) is 0 Å². The maximum absolute atomic E-state index is 13.9. The summed E-state index contributed by atoms with van der Waals surface area (Å²) in [7, 11) is 0. The maximum Gasteiger partial charge on any atom is 0.407 e. The molecule has 0 bridgehead atoms. The topological polar surface area (TPSA) is 159 Å². The Morgan fingerprint density at radius 2 is 1.94 bits per heavy atom. The predicted octanol–water partition coefficient (Wildman–Crippen LogP) is 2.51. The molecule has 1 aromatic rings. The van der Waals surface area contributed by atoms with Crippen molar-refractivity contribution in [2.75, 3.05) is 43.5 Å². The van der Waals surface area contributed by atoms with Crippen LogP contribution in [0.2, 0.25) is 0 Å². The van der Waals surface area contributed by atoms with E-state index in [9.17, 15) is 29.1 Å². The van der Waals surface area contributed by atoms with Crippen LogP contribution < -0.4 is 5.32 Å². The molecule has 0 spiro atoms. The van der Waals surface area contributed by atoms with E-state index in [1.165, 1.54) is 6.20 Å². The van der Waals surface area contributed by atoms with Crippen LogP contribution in [0.5, 0.6) is 0 Å². The van der Waals surface area contributed by atoms with Crippen LogP contribution in [-0.4, -0.2) is 96.7 Å². The fourth-order valence-corrected chi connectivity index (χ4v) is 4.65. The Kier molecular flexibility index (Phi) is 10.4. The summed E-state index contributed by atoms with van der Waals surface area (Å²) in [4.78, 5) is 49.1. The second kappa shape index (κ2) is 12.6. The van der Waals surface area contributed by atoms with Crippen molar-refractivity contribution >= 4 is 35.0 Å². The highest BCUT2D eigenvalue weighted by Crippen LogP contribution is 2.27. The van der Waals surface area contributed by atoms with Crippen LogP contribution in [0.4, 0.5) is 10.6 Å². The van der Waals surface area contributed by atoms with E-state index in [0.717, 1.165) is 4.90 Å². The highest BCUT2D eigenvalue weighted by Gasteiger charge is 2.39. The second-order valence-corrected chi connectivity index (χ2v) is 12.3. The van der Waals surface area contributed by atoms with Crippen LogP contribution in [0.15, 0.2) is 6.20 Å². The zero-order chi connectivity index (χ0) is 27.2. The van der Waals surface area contributed by atoms with Gasteiger partial charge in [-0.1, -0.05) is 45.8 Å². The zero-order valence-electron chi connectivity index (χ0n) is 22.0. The van der Waals surface area contributed by atoms with Gasteiger partial charge in [0.25, 0.3) is 5.91 Å². The molecule has 202 valence electrons. The van der Waals surface area contributed by atoms with Gasteiger partial charge in [-0.2, -0.15) is 0 Å². The number of carboxylic acids is 1. The molecule has 2 amide bonds. The van der Waals surface area contributed by atoms with Gasteiger partial charge in [0, 0.05) is 44.2 Å². The number of carboxylic acid groups (broad SMARTS) is 2. The lowest BCUT2D eigenvalue weighted by molar-refractivity contribution is -0.144. The lowest BCUT2D eigenvalue weighted by Gasteiger charge is -2.41. The minimum Gasteiger partial charge on any atom is -0.617 e. The monoisotopic (exact) mass is 525 g/mol. The van der Waals surface area contributed by atoms with Gasteiger partial charge in [0.15, 0.2) is 0 Å². The van der Waals surface area contributed by atoms with Crippen molar-refractivity contribution < 1.29 is 29.1 Å². The molecule has 1 aliphatic rings. The van der Waals surface area contributed by atoms with Crippen molar-refractivity contribution in [1.82, 2.24) is 19.8 Å². The first-order valence-corrected chi connectivity index (χ1v) is 13.9. The highest BCUT2D eigenvalue weighted by atomic mass is 32.2. The van der Waals surface area contributed by atoms with E-state index < -0.39 is 35.2 Å². The van der Waals surface area contributed by atoms with Crippen LogP contribution in [0, 0.1) is 11.8 Å². The molecule has 1 fully saturated rings. The average Bonchev–Trinajstić information content (AvgIpc) is 2.78. The molecule has 1 aliphatic heterocycles. The summed E-state index contributed by atoms with van der Waals surface area (Å²) in [5.41, 5.74) is -0.124. The normalized spacial score (nSPS) is 19.2. The van der Waals surface area contributed by atoms with Crippen molar-refractivity contribution in [3.63, 3.8) is 0 Å². The number of aliphatic carboxylic acids is 1. The molecule has 0 aromatic carbocycles. The molecular formula is C24H39N5O6S. The van der Waals surface area contributed by atoms with Crippen molar-refractivity contribution in [1.29, 1.82) is 0 Å². The molecule has 0 aliphatic carbocycles. The summed E-state index contributed by atoms with van der Waals surface area (Å²) in [6, 6.07) is -0.608. The summed E-state index contributed by atoms with van der Waals surface area (Å²) in [6.07, 6.45) is 2.68. The molecule has 2 heterocycles. The van der Waals surface area contributed by atoms with E-state index in [4.69, 9.17) is 0 Å². The summed E-state index contributed by atoms with van der Waals surface area (Å²) >= 11 is -0.937. The van der Waals surface area contributed by atoms with Crippen LogP contribution in [-0.2, 0) is 21.4 Å². The van der Waals surface area contributed by atoms with Gasteiger partial charge < -0.3 is 29.9 Å². The first kappa shape index (κ1) is 29.6. The fraction of sp³-hybridized carbons (Fsp3) is 0.708. The molecule has 2 rings (SSSR count). The molecule has 1 aromatic heterocycles. The van der Waals surface area contributed by atoms with E-state index in [0.29, 0.717) is 36.9 Å². The highest BCUT2D eigenvalue weighted by molar-refractivity contribution is 7.90. The number of piperidine rings is 1.